The summed E-state index contributed by atoms with van der Waals surface area (Å²) in [6.07, 6.45) is 2.60. The molecule has 0 aliphatic heterocycles. The van der Waals surface area contributed by atoms with Crippen molar-refractivity contribution in [2.24, 2.45) is 11.3 Å². The van der Waals surface area contributed by atoms with Crippen molar-refractivity contribution in [2.45, 2.75) is 26.2 Å². The van der Waals surface area contributed by atoms with Crippen LogP contribution in [0.25, 0.3) is 22.4 Å². The lowest BCUT2D eigenvalue weighted by molar-refractivity contribution is 0.298. The average Bonchev–Trinajstić information content (AvgIpc) is 3.15. The third kappa shape index (κ3) is 1.08. The third-order valence-corrected chi connectivity index (χ3v) is 5.59. The van der Waals surface area contributed by atoms with Gasteiger partial charge in [-0.25, -0.2) is 0 Å². The Labute approximate surface area is 120 Å². The van der Waals surface area contributed by atoms with Crippen molar-refractivity contribution in [3.63, 3.8) is 0 Å². The standard InChI is InChI=1S/C16H15N3O2/c1-7-12-9-2-3-10-13(18-19-17-10)11(9)15(21)16(12)5-4-8(6-16)14(7)20/h2-3,8,20-21H,4-6H2,1H3,(H,17,18,19). The summed E-state index contributed by atoms with van der Waals surface area (Å²) in [5.41, 5.74) is 3.17. The van der Waals surface area contributed by atoms with Crippen LogP contribution in [0.3, 0.4) is 0 Å². The molecule has 1 aromatic carbocycles. The molecule has 2 aromatic rings. The van der Waals surface area contributed by atoms with E-state index < -0.39 is 0 Å². The number of nitrogens with one attached hydrogen (secondary N) is 1. The van der Waals surface area contributed by atoms with Crippen LogP contribution in [0, 0.1) is 11.3 Å². The molecule has 3 aliphatic carbocycles. The van der Waals surface area contributed by atoms with Gasteiger partial charge >= 0.3 is 0 Å². The molecule has 2 unspecified atom stereocenters. The number of aliphatic hydroxyl groups excluding tert-OH is 2. The highest BCUT2D eigenvalue weighted by Crippen LogP contribution is 2.60. The molecule has 21 heavy (non-hydrogen) atoms. The van der Waals surface area contributed by atoms with Crippen LogP contribution in [0.15, 0.2) is 23.5 Å². The smallest absolute Gasteiger partial charge is 0.124 e. The van der Waals surface area contributed by atoms with Crippen LogP contribution in [-0.4, -0.2) is 25.6 Å². The monoisotopic (exact) mass is 281 g/mol. The molecule has 106 valence electrons. The molecule has 1 aromatic heterocycles. The van der Waals surface area contributed by atoms with Gasteiger partial charge in [-0.3, -0.25) is 0 Å². The van der Waals surface area contributed by atoms with Crippen LogP contribution in [0.5, 0.6) is 0 Å². The number of benzene rings is 1. The fraction of sp³-hybridized carbons (Fsp3) is 0.375. The molecule has 0 radical (unpaired) electrons. The quantitative estimate of drug-likeness (QED) is 0.682. The molecule has 1 fully saturated rings. The number of hydrogen-bond acceptors (Lipinski definition) is 4. The highest BCUT2D eigenvalue weighted by Gasteiger charge is 2.53. The minimum Gasteiger partial charge on any atom is -0.512 e. The lowest BCUT2D eigenvalue weighted by Gasteiger charge is -2.33. The number of fused-ring (bicyclic) bond motifs is 4. The number of aromatic nitrogens is 3. The van der Waals surface area contributed by atoms with E-state index in [0.717, 1.165) is 51.9 Å². The number of allylic oxidation sites excluding steroid dienone is 2. The van der Waals surface area contributed by atoms with Crippen LogP contribution in [0.4, 0.5) is 0 Å². The zero-order valence-electron chi connectivity index (χ0n) is 11.6. The molecule has 3 aliphatic rings. The lowest BCUT2D eigenvalue weighted by atomic mass is 9.71. The van der Waals surface area contributed by atoms with Gasteiger partial charge in [-0.15, -0.1) is 0 Å². The number of H-pyrrole nitrogens is 1. The Bertz CT molecular complexity index is 969. The van der Waals surface area contributed by atoms with E-state index >= 15 is 0 Å². The van der Waals surface area contributed by atoms with Crippen molar-refractivity contribution < 1.29 is 10.2 Å². The SMILES string of the molecule is CC1=C(O)C2CCC3(C2)C1=c1ccc2n[nH]nc2c1=C3O. The summed E-state index contributed by atoms with van der Waals surface area (Å²) in [4.78, 5) is 0. The van der Waals surface area contributed by atoms with E-state index in [4.69, 9.17) is 0 Å². The van der Waals surface area contributed by atoms with Crippen molar-refractivity contribution in [1.82, 2.24) is 15.4 Å². The molecule has 5 nitrogen and oxygen atoms in total. The Balaban J connectivity index is 2.07. The molecule has 5 heteroatoms. The van der Waals surface area contributed by atoms with Crippen LogP contribution >= 0.6 is 0 Å². The van der Waals surface area contributed by atoms with Gasteiger partial charge in [-0.2, -0.15) is 15.4 Å². The maximum atomic E-state index is 11.0. The molecule has 2 atom stereocenters. The van der Waals surface area contributed by atoms with Crippen LogP contribution < -0.4 is 10.4 Å². The summed E-state index contributed by atoms with van der Waals surface area (Å²) in [5, 5.41) is 34.2. The normalized spacial score (nSPS) is 30.2. The van der Waals surface area contributed by atoms with Gasteiger partial charge in [-0.05, 0) is 48.6 Å². The van der Waals surface area contributed by atoms with Gasteiger partial charge in [0.15, 0.2) is 0 Å². The highest BCUT2D eigenvalue weighted by molar-refractivity contribution is 5.89. The Morgan fingerprint density at radius 2 is 2.14 bits per heavy atom. The molecular formula is C16H15N3O2. The van der Waals surface area contributed by atoms with Crippen molar-refractivity contribution in [2.75, 3.05) is 0 Å². The minimum atomic E-state index is -0.323. The number of nitrogens with zero attached hydrogens (tertiary/aromatic N) is 2. The zero-order chi connectivity index (χ0) is 14.4. The van der Waals surface area contributed by atoms with E-state index in [1.807, 2.05) is 19.1 Å². The first-order chi connectivity index (χ1) is 10.1. The molecule has 0 amide bonds. The Morgan fingerprint density at radius 3 is 3.00 bits per heavy atom. The molecule has 5 rings (SSSR count). The Hall–Kier alpha value is -2.30. The maximum absolute atomic E-state index is 11.0. The summed E-state index contributed by atoms with van der Waals surface area (Å²) < 4.78 is 0. The summed E-state index contributed by atoms with van der Waals surface area (Å²) in [7, 11) is 0. The van der Waals surface area contributed by atoms with E-state index in [-0.39, 0.29) is 11.3 Å². The topological polar surface area (TPSA) is 82.0 Å². The first-order valence-electron chi connectivity index (χ1n) is 7.31. The predicted molar refractivity (Wildman–Crippen MR) is 77.7 cm³/mol. The van der Waals surface area contributed by atoms with Crippen molar-refractivity contribution in [1.29, 1.82) is 0 Å². The minimum absolute atomic E-state index is 0.179. The zero-order valence-corrected chi connectivity index (χ0v) is 11.6. The van der Waals surface area contributed by atoms with E-state index in [2.05, 4.69) is 15.4 Å². The summed E-state index contributed by atoms with van der Waals surface area (Å²) in [6, 6.07) is 3.91. The summed E-state index contributed by atoms with van der Waals surface area (Å²) in [5.74, 6) is 1.10. The van der Waals surface area contributed by atoms with Gasteiger partial charge in [0.25, 0.3) is 0 Å². The van der Waals surface area contributed by atoms with Gasteiger partial charge in [-0.1, -0.05) is 6.07 Å². The molecule has 3 N–H and O–H groups in total. The highest BCUT2D eigenvalue weighted by atomic mass is 16.3. The third-order valence-electron chi connectivity index (χ3n) is 5.59. The first-order valence-corrected chi connectivity index (χ1v) is 7.31. The average molecular weight is 281 g/mol. The van der Waals surface area contributed by atoms with Gasteiger partial charge in [0.1, 0.15) is 16.8 Å². The maximum Gasteiger partial charge on any atom is 0.124 e. The largest absolute Gasteiger partial charge is 0.512 e. The van der Waals surface area contributed by atoms with E-state index in [1.165, 1.54) is 0 Å². The summed E-state index contributed by atoms with van der Waals surface area (Å²) >= 11 is 0. The van der Waals surface area contributed by atoms with Crippen LogP contribution in [-0.2, 0) is 0 Å². The Morgan fingerprint density at radius 1 is 1.29 bits per heavy atom. The first kappa shape index (κ1) is 11.4. The fourth-order valence-corrected chi connectivity index (χ4v) is 4.69. The van der Waals surface area contributed by atoms with Crippen LogP contribution in [0.2, 0.25) is 0 Å². The van der Waals surface area contributed by atoms with Crippen molar-refractivity contribution >= 4 is 22.4 Å². The van der Waals surface area contributed by atoms with Gasteiger partial charge in [0, 0.05) is 5.92 Å². The molecule has 1 spiro atoms. The second-order valence-electron chi connectivity index (χ2n) is 6.44. The second kappa shape index (κ2) is 3.30. The van der Waals surface area contributed by atoms with Crippen molar-refractivity contribution in [3.8, 4) is 0 Å². The number of aliphatic hydroxyl groups is 2. The molecular weight excluding hydrogens is 266 g/mol. The van der Waals surface area contributed by atoms with Crippen LogP contribution in [0.1, 0.15) is 26.2 Å². The fourth-order valence-electron chi connectivity index (χ4n) is 4.69. The number of hydrogen-bond donors (Lipinski definition) is 3. The molecule has 1 heterocycles. The van der Waals surface area contributed by atoms with E-state index in [0.29, 0.717) is 11.5 Å². The molecule has 0 saturated heterocycles. The van der Waals surface area contributed by atoms with E-state index in [9.17, 15) is 10.2 Å². The molecule has 2 bridgehead atoms. The molecule has 1 saturated carbocycles. The number of aromatic amines is 1. The van der Waals surface area contributed by atoms with Crippen molar-refractivity contribution in [3.05, 3.63) is 33.9 Å². The van der Waals surface area contributed by atoms with Gasteiger partial charge < -0.3 is 10.2 Å². The second-order valence-corrected chi connectivity index (χ2v) is 6.44. The predicted octanol–water partition coefficient (Wildman–Crippen LogP) is 1.42. The summed E-state index contributed by atoms with van der Waals surface area (Å²) in [6.45, 7) is 1.96. The van der Waals surface area contributed by atoms with E-state index in [1.54, 1.807) is 0 Å². The number of rotatable bonds is 0. The Kier molecular flexibility index (Phi) is 1.78. The van der Waals surface area contributed by atoms with Gasteiger partial charge in [0.2, 0.25) is 0 Å². The van der Waals surface area contributed by atoms with Gasteiger partial charge in [0.05, 0.1) is 16.4 Å². The lowest BCUT2D eigenvalue weighted by Crippen LogP contribution is -2.26.